The van der Waals surface area contributed by atoms with Crippen LogP contribution in [0.1, 0.15) is 24.0 Å². The van der Waals surface area contributed by atoms with Crippen LogP contribution in [0.5, 0.6) is 11.5 Å². The molecule has 5 heteroatoms. The summed E-state index contributed by atoms with van der Waals surface area (Å²) in [5.74, 6) is 1.87. The second-order valence-corrected chi connectivity index (χ2v) is 7.08. The molecule has 1 fully saturated rings. The Morgan fingerprint density at radius 3 is 2.67 bits per heavy atom. The Hall–Kier alpha value is -1.75. The molecule has 1 N–H and O–H groups in total. The Bertz CT molecular complexity index is 709. The van der Waals surface area contributed by atoms with Gasteiger partial charge in [0.15, 0.2) is 0 Å². The first kappa shape index (κ1) is 21.5. The van der Waals surface area contributed by atoms with Crippen molar-refractivity contribution in [2.75, 3.05) is 27.3 Å². The number of hydrogen-bond acceptors (Lipinski definition) is 4. The highest BCUT2D eigenvalue weighted by Crippen LogP contribution is 2.23. The fourth-order valence-corrected chi connectivity index (χ4v) is 3.65. The van der Waals surface area contributed by atoms with Gasteiger partial charge in [0, 0.05) is 12.6 Å². The smallest absolute Gasteiger partial charge is 0.122 e. The second kappa shape index (κ2) is 10.5. The van der Waals surface area contributed by atoms with Gasteiger partial charge in [-0.15, -0.1) is 0 Å². The van der Waals surface area contributed by atoms with Crippen molar-refractivity contribution in [3.63, 3.8) is 0 Å². The third kappa shape index (κ3) is 6.13. The summed E-state index contributed by atoms with van der Waals surface area (Å²) >= 11 is 0. The molecule has 2 aromatic rings. The number of nitrogens with zero attached hydrogens (tertiary/aromatic N) is 1. The Morgan fingerprint density at radius 1 is 1.11 bits per heavy atom. The van der Waals surface area contributed by atoms with E-state index in [1.54, 1.807) is 7.11 Å². The van der Waals surface area contributed by atoms with Crippen molar-refractivity contribution in [2.24, 2.45) is 0 Å². The summed E-state index contributed by atoms with van der Waals surface area (Å²) in [6, 6.07) is 16.9. The first-order valence-electron chi connectivity index (χ1n) is 9.37. The van der Waals surface area contributed by atoms with Crippen molar-refractivity contribution in [2.45, 2.75) is 37.8 Å². The van der Waals surface area contributed by atoms with Gasteiger partial charge in [0.2, 0.25) is 0 Å². The molecule has 0 radical (unpaired) electrons. The standard InChI is InChI=1S/C22H29NO3.ClH/c1-23-16-20(24)15-19(23)12-13-26-22-9-4-3-7-18(22)11-10-17-6-5-8-21(14-17)25-2;/h3-9,14,19-20,24H,10-13,15-16H2,1-2H3;1H/p-1/t19-,20-;/m1./s1. The largest absolute Gasteiger partial charge is 1.00 e. The van der Waals surface area contributed by atoms with Crippen molar-refractivity contribution in [3.8, 4) is 11.5 Å². The maximum Gasteiger partial charge on any atom is 0.122 e. The van der Waals surface area contributed by atoms with Crippen molar-refractivity contribution >= 4 is 0 Å². The van der Waals surface area contributed by atoms with E-state index in [0.717, 1.165) is 43.7 Å². The number of methoxy groups -OCH3 is 1. The number of halogens is 1. The fourth-order valence-electron chi connectivity index (χ4n) is 3.65. The molecule has 148 valence electrons. The van der Waals surface area contributed by atoms with Crippen LogP contribution in [0.4, 0.5) is 0 Å². The minimum absolute atomic E-state index is 0. The van der Waals surface area contributed by atoms with E-state index < -0.39 is 0 Å². The quantitative estimate of drug-likeness (QED) is 0.705. The number of β-amino-alcohol motifs (C(OH)–C–C–N with tert-alkyl or cyclic N) is 1. The minimum atomic E-state index is -0.194. The van der Waals surface area contributed by atoms with E-state index in [4.69, 9.17) is 9.47 Å². The summed E-state index contributed by atoms with van der Waals surface area (Å²) in [7, 11) is 3.77. The molecule has 2 aromatic carbocycles. The van der Waals surface area contributed by atoms with Gasteiger partial charge in [0.1, 0.15) is 11.5 Å². The number of rotatable bonds is 8. The first-order valence-corrected chi connectivity index (χ1v) is 9.37. The molecular weight excluding hydrogens is 362 g/mol. The molecule has 0 bridgehead atoms. The number of likely N-dealkylation sites (tertiary alicyclic amines) is 1. The van der Waals surface area contributed by atoms with Gasteiger partial charge in [0.25, 0.3) is 0 Å². The summed E-state index contributed by atoms with van der Waals surface area (Å²) in [6.07, 6.45) is 3.48. The van der Waals surface area contributed by atoms with Gasteiger partial charge in [-0.2, -0.15) is 0 Å². The molecule has 0 spiro atoms. The normalized spacial score (nSPS) is 19.5. The van der Waals surface area contributed by atoms with Gasteiger partial charge >= 0.3 is 0 Å². The number of hydrogen-bond donors (Lipinski definition) is 1. The molecule has 1 aliphatic heterocycles. The van der Waals surface area contributed by atoms with Gasteiger partial charge in [0.05, 0.1) is 19.8 Å². The van der Waals surface area contributed by atoms with E-state index in [2.05, 4.69) is 36.2 Å². The minimum Gasteiger partial charge on any atom is -1.00 e. The van der Waals surface area contributed by atoms with Crippen LogP contribution in [0.25, 0.3) is 0 Å². The summed E-state index contributed by atoms with van der Waals surface area (Å²) in [5, 5.41) is 9.75. The average molecular weight is 391 g/mol. The molecule has 27 heavy (non-hydrogen) atoms. The molecular formula is C22H29ClNO3-. The zero-order valence-corrected chi connectivity index (χ0v) is 16.9. The number of ether oxygens (including phenoxy) is 2. The van der Waals surface area contributed by atoms with Crippen LogP contribution in [0.2, 0.25) is 0 Å². The van der Waals surface area contributed by atoms with Crippen LogP contribution >= 0.6 is 0 Å². The average Bonchev–Trinajstić information content (AvgIpc) is 2.98. The molecule has 1 heterocycles. The maximum atomic E-state index is 9.75. The molecule has 2 atom stereocenters. The van der Waals surface area contributed by atoms with Crippen LogP contribution in [0.3, 0.4) is 0 Å². The van der Waals surface area contributed by atoms with Gasteiger partial charge in [-0.3, -0.25) is 0 Å². The fraction of sp³-hybridized carbons (Fsp3) is 0.455. The Labute approximate surface area is 168 Å². The molecule has 0 aliphatic carbocycles. The van der Waals surface area contributed by atoms with Crippen LogP contribution in [-0.2, 0) is 12.8 Å². The molecule has 0 unspecified atom stereocenters. The molecule has 0 aromatic heterocycles. The zero-order chi connectivity index (χ0) is 18.4. The van der Waals surface area contributed by atoms with Crippen LogP contribution in [0, 0.1) is 0 Å². The number of para-hydroxylation sites is 1. The van der Waals surface area contributed by atoms with Gasteiger partial charge in [-0.1, -0.05) is 30.3 Å². The number of benzene rings is 2. The summed E-state index contributed by atoms with van der Waals surface area (Å²) < 4.78 is 11.4. The summed E-state index contributed by atoms with van der Waals surface area (Å²) in [4.78, 5) is 2.22. The lowest BCUT2D eigenvalue weighted by Crippen LogP contribution is -3.00. The number of aryl methyl sites for hydroxylation is 2. The Kier molecular flexibility index (Phi) is 8.42. The molecule has 1 aliphatic rings. The zero-order valence-electron chi connectivity index (χ0n) is 16.1. The molecule has 1 saturated heterocycles. The first-order chi connectivity index (χ1) is 12.7. The molecule has 0 amide bonds. The van der Waals surface area contributed by atoms with Crippen molar-refractivity contribution in [1.82, 2.24) is 4.90 Å². The van der Waals surface area contributed by atoms with Gasteiger partial charge < -0.3 is 31.9 Å². The summed E-state index contributed by atoms with van der Waals surface area (Å²) in [6.45, 7) is 1.44. The van der Waals surface area contributed by atoms with Crippen LogP contribution < -0.4 is 21.9 Å². The Morgan fingerprint density at radius 2 is 1.93 bits per heavy atom. The lowest BCUT2D eigenvalue weighted by molar-refractivity contribution is -0.00000841. The highest BCUT2D eigenvalue weighted by molar-refractivity contribution is 5.35. The highest BCUT2D eigenvalue weighted by Gasteiger charge is 2.27. The van der Waals surface area contributed by atoms with Gasteiger partial charge in [-0.25, -0.2) is 0 Å². The molecule has 3 rings (SSSR count). The lowest BCUT2D eigenvalue weighted by atomic mass is 10.0. The monoisotopic (exact) mass is 390 g/mol. The van der Waals surface area contributed by atoms with Crippen LogP contribution in [0.15, 0.2) is 48.5 Å². The van der Waals surface area contributed by atoms with E-state index in [1.165, 1.54) is 11.1 Å². The van der Waals surface area contributed by atoms with E-state index >= 15 is 0 Å². The Balaban J connectivity index is 0.00000261. The third-order valence-electron chi connectivity index (χ3n) is 5.16. The van der Waals surface area contributed by atoms with Crippen molar-refractivity contribution < 1.29 is 27.0 Å². The number of aliphatic hydroxyl groups excluding tert-OH is 1. The maximum absolute atomic E-state index is 9.75. The van der Waals surface area contributed by atoms with E-state index in [-0.39, 0.29) is 18.5 Å². The number of likely N-dealkylation sites (N-methyl/N-ethyl adjacent to an activating group) is 1. The summed E-state index contributed by atoms with van der Waals surface area (Å²) in [5.41, 5.74) is 2.50. The second-order valence-electron chi connectivity index (χ2n) is 7.08. The lowest BCUT2D eigenvalue weighted by Gasteiger charge is -2.19. The molecule has 4 nitrogen and oxygen atoms in total. The predicted octanol–water partition coefficient (Wildman–Crippen LogP) is 0.318. The molecule has 0 saturated carbocycles. The van der Waals surface area contributed by atoms with Crippen LogP contribution in [-0.4, -0.2) is 49.5 Å². The highest BCUT2D eigenvalue weighted by atomic mass is 35.5. The van der Waals surface area contributed by atoms with E-state index in [9.17, 15) is 5.11 Å². The third-order valence-corrected chi connectivity index (χ3v) is 5.16. The van der Waals surface area contributed by atoms with Gasteiger partial charge in [-0.05, 0) is 62.1 Å². The predicted molar refractivity (Wildman–Crippen MR) is 104 cm³/mol. The SMILES string of the molecule is COc1cccc(CCc2ccccc2OCC[C@@H]2C[C@@H](O)CN2C)c1.[Cl-]. The van der Waals surface area contributed by atoms with Crippen molar-refractivity contribution in [3.05, 3.63) is 59.7 Å². The topological polar surface area (TPSA) is 41.9 Å². The van der Waals surface area contributed by atoms with E-state index in [0.29, 0.717) is 12.6 Å². The number of aliphatic hydroxyl groups is 1. The van der Waals surface area contributed by atoms with Crippen molar-refractivity contribution in [1.29, 1.82) is 0 Å². The van der Waals surface area contributed by atoms with E-state index in [1.807, 2.05) is 24.3 Å².